The second kappa shape index (κ2) is 15.8. The Kier molecular flexibility index (Phi) is 11.2. The molecule has 0 radical (unpaired) electrons. The summed E-state index contributed by atoms with van der Waals surface area (Å²) in [6.07, 6.45) is 22.9. The molecule has 7 nitrogen and oxygen atoms in total. The molecular formula is C43H59NO6. The number of esters is 1. The molecule has 0 bridgehead atoms. The van der Waals surface area contributed by atoms with E-state index in [2.05, 4.69) is 61.2 Å². The van der Waals surface area contributed by atoms with Crippen molar-refractivity contribution in [2.75, 3.05) is 20.3 Å². The average molecular weight is 686 g/mol. The number of aryl methyl sites for hydroxylation is 1. The van der Waals surface area contributed by atoms with Crippen LogP contribution in [0.15, 0.2) is 71.1 Å². The van der Waals surface area contributed by atoms with Crippen molar-refractivity contribution in [3.05, 3.63) is 82.2 Å². The van der Waals surface area contributed by atoms with Crippen LogP contribution in [0.3, 0.4) is 0 Å². The molecule has 2 saturated heterocycles. The van der Waals surface area contributed by atoms with Crippen LogP contribution in [0.1, 0.15) is 102 Å². The number of allylic oxidation sites excluding steroid dienone is 2. The highest BCUT2D eigenvalue weighted by atomic mass is 16.6. The number of aliphatic hydroxyl groups is 2. The standard InChI is InChI=1S/C43H59NO6/c1-4-5-6-12-28-13-9-14-29(21-28)22-30-23-35-38-27(2)40(42-41(48-3)34(26-45)43(47)50-42)49-37(38)19-11-20-44(35)36(24-30)39(46)33-18-10-17-32(25-33)31-15-7-8-16-31/h9-10,13-14,18-19,21,27,30-33,35-36,38-39,45-46H,4-8,11-12,15-17,20,22-26H2,1-3H3/t27-,30-,32+,33-,35+,36-,38-,39-/m0/s1. The first kappa shape index (κ1) is 35.5. The van der Waals surface area contributed by atoms with E-state index in [1.807, 2.05) is 0 Å². The summed E-state index contributed by atoms with van der Waals surface area (Å²) in [5.74, 6) is 3.58. The van der Waals surface area contributed by atoms with Crippen molar-refractivity contribution < 1.29 is 29.2 Å². The molecule has 2 N–H and O–H groups in total. The van der Waals surface area contributed by atoms with E-state index in [1.54, 1.807) is 0 Å². The van der Waals surface area contributed by atoms with E-state index in [4.69, 9.17) is 14.2 Å². The van der Waals surface area contributed by atoms with E-state index >= 15 is 0 Å². The lowest BCUT2D eigenvalue weighted by Crippen LogP contribution is -2.58. The molecule has 8 atom stereocenters. The normalized spacial score (nSPS) is 33.8. The van der Waals surface area contributed by atoms with Crippen molar-refractivity contribution >= 4 is 5.97 Å². The first-order chi connectivity index (χ1) is 24.4. The van der Waals surface area contributed by atoms with Gasteiger partial charge in [-0.15, -0.1) is 0 Å². The smallest absolute Gasteiger partial charge is 0.345 e. The molecule has 0 amide bonds. The van der Waals surface area contributed by atoms with Crippen LogP contribution in [-0.2, 0) is 31.8 Å². The number of unbranched alkanes of at least 4 members (excludes halogenated alkanes) is 2. The lowest BCUT2D eigenvalue weighted by Gasteiger charge is -2.50. The predicted molar refractivity (Wildman–Crippen MR) is 194 cm³/mol. The first-order valence-electron chi connectivity index (χ1n) is 19.8. The van der Waals surface area contributed by atoms with Crippen LogP contribution < -0.4 is 0 Å². The number of carbonyl (C=O) groups is 1. The summed E-state index contributed by atoms with van der Waals surface area (Å²) in [5.41, 5.74) is 2.96. The number of methoxy groups -OCH3 is 1. The van der Waals surface area contributed by atoms with Crippen molar-refractivity contribution in [2.24, 2.45) is 35.5 Å². The van der Waals surface area contributed by atoms with E-state index < -0.39 is 18.7 Å². The zero-order valence-corrected chi connectivity index (χ0v) is 30.5. The number of fused-ring (bicyclic) bond motifs is 3. The van der Waals surface area contributed by atoms with Gasteiger partial charge < -0.3 is 24.4 Å². The largest absolute Gasteiger partial charge is 0.492 e. The highest BCUT2D eigenvalue weighted by Crippen LogP contribution is 2.51. The fourth-order valence-electron chi connectivity index (χ4n) is 10.6. The lowest BCUT2D eigenvalue weighted by molar-refractivity contribution is -0.133. The summed E-state index contributed by atoms with van der Waals surface area (Å²) in [7, 11) is 1.50. The van der Waals surface area contributed by atoms with E-state index in [-0.39, 0.29) is 41.2 Å². The molecule has 3 fully saturated rings. The van der Waals surface area contributed by atoms with Crippen LogP contribution >= 0.6 is 0 Å². The summed E-state index contributed by atoms with van der Waals surface area (Å²) < 4.78 is 17.9. The van der Waals surface area contributed by atoms with Crippen molar-refractivity contribution in [3.8, 4) is 0 Å². The number of aliphatic hydroxyl groups excluding tert-OH is 2. The number of piperidine rings is 1. The predicted octanol–water partition coefficient (Wildman–Crippen LogP) is 7.78. The Morgan fingerprint density at radius 2 is 1.88 bits per heavy atom. The Labute approximate surface area is 299 Å². The van der Waals surface area contributed by atoms with E-state index in [1.165, 1.54) is 63.2 Å². The molecule has 50 heavy (non-hydrogen) atoms. The third-order valence-electron chi connectivity index (χ3n) is 13.0. The molecule has 2 aliphatic carbocycles. The van der Waals surface area contributed by atoms with Crippen molar-refractivity contribution in [1.29, 1.82) is 0 Å². The molecule has 1 saturated carbocycles. The summed E-state index contributed by atoms with van der Waals surface area (Å²) in [6, 6.07) is 9.46. The number of benzene rings is 1. The molecule has 6 aliphatic rings. The Morgan fingerprint density at radius 3 is 2.66 bits per heavy atom. The molecule has 1 aromatic carbocycles. The monoisotopic (exact) mass is 685 g/mol. The van der Waals surface area contributed by atoms with Gasteiger partial charge in [0.15, 0.2) is 11.5 Å². The van der Waals surface area contributed by atoms with Gasteiger partial charge in [-0.25, -0.2) is 4.79 Å². The van der Waals surface area contributed by atoms with Crippen molar-refractivity contribution in [1.82, 2.24) is 4.90 Å². The number of nitrogens with zero attached hydrogens (tertiary/aromatic N) is 1. The molecule has 7 heteroatoms. The van der Waals surface area contributed by atoms with Gasteiger partial charge in [0.1, 0.15) is 11.3 Å². The highest BCUT2D eigenvalue weighted by molar-refractivity contribution is 5.94. The molecule has 1 aromatic rings. The maximum atomic E-state index is 12.7. The van der Waals surface area contributed by atoms with Crippen molar-refractivity contribution in [2.45, 2.75) is 122 Å². The Balaban J connectivity index is 1.19. The van der Waals surface area contributed by atoms with Crippen molar-refractivity contribution in [3.63, 3.8) is 0 Å². The number of carbonyl (C=O) groups excluding carboxylic acids is 1. The van der Waals surface area contributed by atoms with Gasteiger partial charge in [0.25, 0.3) is 0 Å². The highest BCUT2D eigenvalue weighted by Gasteiger charge is 2.52. The fraction of sp³-hybridized carbons (Fsp3) is 0.651. The van der Waals surface area contributed by atoms with Gasteiger partial charge in [-0.1, -0.05) is 88.8 Å². The van der Waals surface area contributed by atoms with Gasteiger partial charge >= 0.3 is 5.97 Å². The van der Waals surface area contributed by atoms with Gasteiger partial charge in [-0.2, -0.15) is 0 Å². The molecule has 0 spiro atoms. The van der Waals surface area contributed by atoms with E-state index in [9.17, 15) is 15.0 Å². The van der Waals surface area contributed by atoms with Gasteiger partial charge in [0, 0.05) is 36.4 Å². The molecule has 0 aromatic heterocycles. The number of hydrogen-bond acceptors (Lipinski definition) is 7. The van der Waals surface area contributed by atoms with Gasteiger partial charge in [0.2, 0.25) is 5.76 Å². The minimum absolute atomic E-state index is 0.0554. The number of hydrogen-bond donors (Lipinski definition) is 2. The zero-order chi connectivity index (χ0) is 34.8. The molecular weight excluding hydrogens is 626 g/mol. The average Bonchev–Trinajstić information content (AvgIpc) is 3.83. The quantitative estimate of drug-likeness (QED) is 0.140. The lowest BCUT2D eigenvalue weighted by atomic mass is 9.70. The van der Waals surface area contributed by atoms with Crippen LogP contribution in [0.25, 0.3) is 0 Å². The van der Waals surface area contributed by atoms with Crippen LogP contribution in [0.5, 0.6) is 0 Å². The Morgan fingerprint density at radius 1 is 1.06 bits per heavy atom. The molecule has 7 rings (SSSR count). The van der Waals surface area contributed by atoms with E-state index in [0.717, 1.165) is 63.2 Å². The summed E-state index contributed by atoms with van der Waals surface area (Å²) in [4.78, 5) is 15.3. The Hall–Kier alpha value is -2.87. The number of rotatable bonds is 11. The molecule has 272 valence electrons. The number of cyclic esters (lactones) is 1. The van der Waals surface area contributed by atoms with Crippen LogP contribution in [-0.4, -0.2) is 59.5 Å². The zero-order valence-electron chi connectivity index (χ0n) is 30.5. The molecule has 4 aliphatic heterocycles. The maximum Gasteiger partial charge on any atom is 0.345 e. The molecule has 4 heterocycles. The minimum atomic E-state index is -0.584. The number of ether oxygens (including phenoxy) is 3. The summed E-state index contributed by atoms with van der Waals surface area (Å²) >= 11 is 0. The fourth-order valence-corrected chi connectivity index (χ4v) is 10.6. The topological polar surface area (TPSA) is 88.5 Å². The van der Waals surface area contributed by atoms with Gasteiger partial charge in [0.05, 0.1) is 19.8 Å². The summed E-state index contributed by atoms with van der Waals surface area (Å²) in [5, 5.41) is 22.4. The van der Waals surface area contributed by atoms with Gasteiger partial charge in [-0.3, -0.25) is 4.90 Å². The maximum absolute atomic E-state index is 12.7. The Bertz CT molecular complexity index is 1500. The minimum Gasteiger partial charge on any atom is -0.492 e. The van der Waals surface area contributed by atoms with Crippen LogP contribution in [0.2, 0.25) is 0 Å². The van der Waals surface area contributed by atoms with Crippen LogP contribution in [0.4, 0.5) is 0 Å². The van der Waals surface area contributed by atoms with Gasteiger partial charge in [-0.05, 0) is 86.3 Å². The second-order valence-electron chi connectivity index (χ2n) is 16.1. The van der Waals surface area contributed by atoms with Crippen LogP contribution in [0, 0.1) is 35.5 Å². The summed E-state index contributed by atoms with van der Waals surface area (Å²) in [6.45, 7) is 4.87. The SMILES string of the molecule is CCCCCc1cccc(C[C@H]2C[C@@H]3[C@H]4C(=CCCN3[C@H]([C@@H](O)[C@H]3C=CC[C@@H](C5CCCC5)C3)C2)OC(=C2OC(=O)C(CO)=C2OC)[C@H]4C)c1. The molecule has 0 unspecified atom stereocenters. The van der Waals surface area contributed by atoms with E-state index in [0.29, 0.717) is 23.4 Å². The third-order valence-corrected chi connectivity index (χ3v) is 13.0. The second-order valence-corrected chi connectivity index (χ2v) is 16.1. The third kappa shape index (κ3) is 7.12. The first-order valence-corrected chi connectivity index (χ1v) is 19.8.